The van der Waals surface area contributed by atoms with Crippen molar-refractivity contribution < 1.29 is 18.3 Å². The third-order valence-electron chi connectivity index (χ3n) is 2.65. The van der Waals surface area contributed by atoms with Crippen molar-refractivity contribution in [3.05, 3.63) is 52.8 Å². The molecular formula is C13H9ClF3NO. The molecule has 2 nitrogen and oxygen atoms in total. The highest BCUT2D eigenvalue weighted by Crippen LogP contribution is 2.38. The molecule has 0 aliphatic carbocycles. The second-order valence-corrected chi connectivity index (χ2v) is 4.25. The Morgan fingerprint density at radius 1 is 1.16 bits per heavy atom. The standard InChI is InChI=1S/C13H9ClF3NO/c14-12-5-8(7-19)10(6-18-12)9-3-1-2-4-11(9)13(15,16)17/h1-6,19H,7H2. The van der Waals surface area contributed by atoms with Crippen LogP contribution in [-0.4, -0.2) is 10.1 Å². The maximum Gasteiger partial charge on any atom is 0.417 e. The van der Waals surface area contributed by atoms with Crippen molar-refractivity contribution in [1.82, 2.24) is 4.98 Å². The number of aliphatic hydroxyl groups excluding tert-OH is 1. The van der Waals surface area contributed by atoms with Gasteiger partial charge in [-0.15, -0.1) is 0 Å². The molecule has 0 aliphatic rings. The fourth-order valence-electron chi connectivity index (χ4n) is 1.81. The van der Waals surface area contributed by atoms with Gasteiger partial charge in [0.1, 0.15) is 5.15 Å². The number of aliphatic hydroxyl groups is 1. The Morgan fingerprint density at radius 2 is 1.84 bits per heavy atom. The maximum atomic E-state index is 12.9. The summed E-state index contributed by atoms with van der Waals surface area (Å²) < 4.78 is 38.8. The van der Waals surface area contributed by atoms with Crippen LogP contribution in [0, 0.1) is 0 Å². The third kappa shape index (κ3) is 2.88. The molecule has 100 valence electrons. The van der Waals surface area contributed by atoms with Gasteiger partial charge in [-0.1, -0.05) is 29.8 Å². The highest BCUT2D eigenvalue weighted by Gasteiger charge is 2.33. The number of aromatic nitrogens is 1. The summed E-state index contributed by atoms with van der Waals surface area (Å²) in [6.07, 6.45) is -3.23. The molecule has 0 radical (unpaired) electrons. The molecule has 0 atom stereocenters. The van der Waals surface area contributed by atoms with Gasteiger partial charge in [0.25, 0.3) is 0 Å². The van der Waals surface area contributed by atoms with Crippen LogP contribution in [0.4, 0.5) is 13.2 Å². The second-order valence-electron chi connectivity index (χ2n) is 3.87. The van der Waals surface area contributed by atoms with E-state index in [-0.39, 0.29) is 16.3 Å². The average Bonchev–Trinajstić information content (AvgIpc) is 2.37. The number of hydrogen-bond acceptors (Lipinski definition) is 2. The highest BCUT2D eigenvalue weighted by atomic mass is 35.5. The lowest BCUT2D eigenvalue weighted by Gasteiger charge is -2.14. The zero-order valence-electron chi connectivity index (χ0n) is 9.58. The maximum absolute atomic E-state index is 12.9. The predicted octanol–water partition coefficient (Wildman–Crippen LogP) is 3.91. The molecule has 0 saturated heterocycles. The van der Waals surface area contributed by atoms with Gasteiger partial charge in [-0.3, -0.25) is 0 Å². The largest absolute Gasteiger partial charge is 0.417 e. The Bertz CT molecular complexity index is 599. The molecule has 1 N–H and O–H groups in total. The van der Waals surface area contributed by atoms with Crippen LogP contribution in [0.5, 0.6) is 0 Å². The minimum atomic E-state index is -4.47. The van der Waals surface area contributed by atoms with Gasteiger partial charge in [-0.2, -0.15) is 13.2 Å². The normalized spacial score (nSPS) is 11.6. The van der Waals surface area contributed by atoms with Crippen molar-refractivity contribution >= 4 is 11.6 Å². The van der Waals surface area contributed by atoms with Crippen molar-refractivity contribution in [2.24, 2.45) is 0 Å². The zero-order chi connectivity index (χ0) is 14.0. The predicted molar refractivity (Wildman–Crippen MR) is 65.6 cm³/mol. The van der Waals surface area contributed by atoms with E-state index >= 15 is 0 Å². The molecule has 1 aromatic carbocycles. The third-order valence-corrected chi connectivity index (χ3v) is 2.86. The first-order valence-electron chi connectivity index (χ1n) is 5.35. The van der Waals surface area contributed by atoms with E-state index in [1.54, 1.807) is 0 Å². The summed E-state index contributed by atoms with van der Waals surface area (Å²) in [5.74, 6) is 0. The van der Waals surface area contributed by atoms with Crippen molar-refractivity contribution in [2.75, 3.05) is 0 Å². The minimum absolute atomic E-state index is 0.0248. The van der Waals surface area contributed by atoms with Crippen LogP contribution in [0.15, 0.2) is 36.5 Å². The molecule has 0 unspecified atom stereocenters. The number of hydrogen-bond donors (Lipinski definition) is 1. The van der Waals surface area contributed by atoms with Gasteiger partial charge >= 0.3 is 6.18 Å². The van der Waals surface area contributed by atoms with E-state index < -0.39 is 18.3 Å². The van der Waals surface area contributed by atoms with Gasteiger partial charge in [-0.25, -0.2) is 4.98 Å². The van der Waals surface area contributed by atoms with Crippen molar-refractivity contribution in [3.63, 3.8) is 0 Å². The number of rotatable bonds is 2. The topological polar surface area (TPSA) is 33.1 Å². The molecule has 0 saturated carbocycles. The van der Waals surface area contributed by atoms with E-state index in [0.29, 0.717) is 5.56 Å². The van der Waals surface area contributed by atoms with Crippen molar-refractivity contribution in [2.45, 2.75) is 12.8 Å². The number of halogens is 4. The molecular weight excluding hydrogens is 279 g/mol. The van der Waals surface area contributed by atoms with E-state index in [9.17, 15) is 18.3 Å². The van der Waals surface area contributed by atoms with E-state index in [4.69, 9.17) is 11.6 Å². The first-order chi connectivity index (χ1) is 8.93. The lowest BCUT2D eigenvalue weighted by atomic mass is 9.97. The Balaban J connectivity index is 2.66. The molecule has 0 bridgehead atoms. The van der Waals surface area contributed by atoms with E-state index in [2.05, 4.69) is 4.98 Å². The fraction of sp³-hybridized carbons (Fsp3) is 0.154. The van der Waals surface area contributed by atoms with Crippen LogP contribution in [0.1, 0.15) is 11.1 Å². The Labute approximate surface area is 112 Å². The molecule has 6 heteroatoms. The minimum Gasteiger partial charge on any atom is -0.392 e. The molecule has 0 aliphatic heterocycles. The number of nitrogens with zero attached hydrogens (tertiary/aromatic N) is 1. The van der Waals surface area contributed by atoms with Gasteiger partial charge in [0.2, 0.25) is 0 Å². The van der Waals surface area contributed by atoms with Gasteiger partial charge in [0.05, 0.1) is 12.2 Å². The van der Waals surface area contributed by atoms with Gasteiger partial charge in [0, 0.05) is 11.8 Å². The molecule has 1 heterocycles. The molecule has 0 spiro atoms. The van der Waals surface area contributed by atoms with Gasteiger partial charge in [-0.05, 0) is 23.3 Å². The number of pyridine rings is 1. The van der Waals surface area contributed by atoms with Gasteiger partial charge in [0.15, 0.2) is 0 Å². The van der Waals surface area contributed by atoms with E-state index in [1.165, 1.54) is 30.5 Å². The summed E-state index contributed by atoms with van der Waals surface area (Å²) in [6, 6.07) is 6.50. The van der Waals surface area contributed by atoms with Crippen LogP contribution in [0.2, 0.25) is 5.15 Å². The molecule has 2 aromatic rings. The Kier molecular flexibility index (Phi) is 3.78. The Morgan fingerprint density at radius 3 is 2.47 bits per heavy atom. The lowest BCUT2D eigenvalue weighted by Crippen LogP contribution is -2.07. The summed E-state index contributed by atoms with van der Waals surface area (Å²) >= 11 is 5.67. The average molecular weight is 288 g/mol. The molecule has 2 rings (SSSR count). The van der Waals surface area contributed by atoms with Crippen LogP contribution >= 0.6 is 11.6 Å². The summed E-state index contributed by atoms with van der Waals surface area (Å²) in [4.78, 5) is 3.77. The number of alkyl halides is 3. The zero-order valence-corrected chi connectivity index (χ0v) is 10.3. The van der Waals surface area contributed by atoms with Crippen LogP contribution < -0.4 is 0 Å². The highest BCUT2D eigenvalue weighted by molar-refractivity contribution is 6.29. The van der Waals surface area contributed by atoms with E-state index in [0.717, 1.165) is 6.07 Å². The Hall–Kier alpha value is -1.59. The van der Waals surface area contributed by atoms with E-state index in [1.807, 2.05) is 0 Å². The molecule has 19 heavy (non-hydrogen) atoms. The summed E-state index contributed by atoms with van der Waals surface area (Å²) in [7, 11) is 0. The van der Waals surface area contributed by atoms with Crippen molar-refractivity contribution in [1.29, 1.82) is 0 Å². The first-order valence-corrected chi connectivity index (χ1v) is 5.73. The lowest BCUT2D eigenvalue weighted by molar-refractivity contribution is -0.137. The van der Waals surface area contributed by atoms with Crippen molar-refractivity contribution in [3.8, 4) is 11.1 Å². The molecule has 0 fully saturated rings. The van der Waals surface area contributed by atoms with Crippen LogP contribution in [0.25, 0.3) is 11.1 Å². The van der Waals surface area contributed by atoms with Crippen LogP contribution in [-0.2, 0) is 12.8 Å². The number of benzene rings is 1. The SMILES string of the molecule is OCc1cc(Cl)ncc1-c1ccccc1C(F)(F)F. The first kappa shape index (κ1) is 13.8. The summed E-state index contributed by atoms with van der Waals surface area (Å²) in [5.41, 5.74) is -0.270. The fourth-order valence-corrected chi connectivity index (χ4v) is 1.99. The smallest absolute Gasteiger partial charge is 0.392 e. The van der Waals surface area contributed by atoms with Crippen LogP contribution in [0.3, 0.4) is 0 Å². The quantitative estimate of drug-likeness (QED) is 0.850. The summed E-state index contributed by atoms with van der Waals surface area (Å²) in [6.45, 7) is -0.413. The molecule has 1 aromatic heterocycles. The summed E-state index contributed by atoms with van der Waals surface area (Å²) in [5, 5.41) is 9.35. The molecule has 0 amide bonds. The monoisotopic (exact) mass is 287 g/mol. The second kappa shape index (κ2) is 5.19. The van der Waals surface area contributed by atoms with Gasteiger partial charge < -0.3 is 5.11 Å².